The topological polar surface area (TPSA) is 49.2 Å². The first-order valence-corrected chi connectivity index (χ1v) is 5.66. The fourth-order valence-electron chi connectivity index (χ4n) is 1.14. The second-order valence-electron chi connectivity index (χ2n) is 3.08. The van der Waals surface area contributed by atoms with Gasteiger partial charge in [0.2, 0.25) is 0 Å². The van der Waals surface area contributed by atoms with Crippen molar-refractivity contribution in [2.45, 2.75) is 19.3 Å². The number of unbranched alkanes of at least 4 members (excludes halogenated alkanes) is 2. The van der Waals surface area contributed by atoms with E-state index < -0.39 is 0 Å². The molecule has 80 valence electrons. The predicted molar refractivity (Wildman–Crippen MR) is 59.1 cm³/mol. The predicted octanol–water partition coefficient (Wildman–Crippen LogP) is 1.79. The minimum absolute atomic E-state index is 0.267. The van der Waals surface area contributed by atoms with Crippen LogP contribution in [0.25, 0.3) is 0 Å². The highest BCUT2D eigenvalue weighted by Gasteiger charge is 2.09. The van der Waals surface area contributed by atoms with Gasteiger partial charge in [-0.2, -0.15) is 8.75 Å². The summed E-state index contributed by atoms with van der Waals surface area (Å²) in [6, 6.07) is 0. The average Bonchev–Trinajstić information content (AvgIpc) is 2.59. The fraction of sp³-hybridized carbons (Fsp3) is 0.750. The van der Waals surface area contributed by atoms with Crippen molar-refractivity contribution in [2.75, 3.05) is 25.1 Å². The molecule has 0 unspecified atom stereocenters. The number of hydrogen-bond donors (Lipinski definition) is 1. The second-order valence-corrected chi connectivity index (χ2v) is 3.97. The van der Waals surface area contributed by atoms with E-state index in [1.54, 1.807) is 0 Å². The molecule has 0 fully saturated rings. The van der Waals surface area contributed by atoms with Crippen LogP contribution in [-0.2, 0) is 0 Å². The lowest BCUT2D eigenvalue weighted by atomic mass is 10.2. The summed E-state index contributed by atoms with van der Waals surface area (Å²) in [7, 11) is 1.95. The summed E-state index contributed by atoms with van der Waals surface area (Å²) in [6.45, 7) is 1.16. The molecule has 1 aromatic heterocycles. The largest absolute Gasteiger partial charge is 0.396 e. The standard InChI is InChI=1S/C8H14ClN3OS/c1-12(5-3-2-4-6-13)8-7(9)10-14-11-8/h13H,2-6H2,1H3. The number of aromatic nitrogens is 2. The molecule has 0 saturated carbocycles. The van der Waals surface area contributed by atoms with E-state index in [1.807, 2.05) is 11.9 Å². The fourth-order valence-corrected chi connectivity index (χ4v) is 1.97. The molecular weight excluding hydrogens is 222 g/mol. The molecular formula is C8H14ClN3OS. The summed E-state index contributed by atoms with van der Waals surface area (Å²) < 4.78 is 7.99. The van der Waals surface area contributed by atoms with E-state index in [0.29, 0.717) is 5.15 Å². The minimum Gasteiger partial charge on any atom is -0.396 e. The summed E-state index contributed by atoms with van der Waals surface area (Å²) in [5, 5.41) is 9.08. The van der Waals surface area contributed by atoms with Gasteiger partial charge in [0, 0.05) is 20.2 Å². The van der Waals surface area contributed by atoms with Crippen molar-refractivity contribution in [1.29, 1.82) is 0 Å². The molecule has 0 aliphatic carbocycles. The SMILES string of the molecule is CN(CCCCCO)c1nsnc1Cl. The van der Waals surface area contributed by atoms with Crippen LogP contribution in [0.15, 0.2) is 0 Å². The van der Waals surface area contributed by atoms with Gasteiger partial charge in [-0.25, -0.2) is 0 Å². The van der Waals surface area contributed by atoms with E-state index in [2.05, 4.69) is 8.75 Å². The zero-order valence-corrected chi connectivity index (χ0v) is 9.68. The van der Waals surface area contributed by atoms with Crippen molar-refractivity contribution in [1.82, 2.24) is 8.75 Å². The normalized spacial score (nSPS) is 10.5. The van der Waals surface area contributed by atoms with E-state index in [1.165, 1.54) is 0 Å². The van der Waals surface area contributed by atoms with Crippen LogP contribution in [0.1, 0.15) is 19.3 Å². The van der Waals surface area contributed by atoms with Crippen molar-refractivity contribution >= 4 is 29.1 Å². The monoisotopic (exact) mass is 235 g/mol. The number of nitrogens with zero attached hydrogens (tertiary/aromatic N) is 3. The molecule has 0 aromatic carbocycles. The lowest BCUT2D eigenvalue weighted by Crippen LogP contribution is -2.19. The van der Waals surface area contributed by atoms with Gasteiger partial charge in [-0.15, -0.1) is 0 Å². The van der Waals surface area contributed by atoms with Crippen molar-refractivity contribution in [3.8, 4) is 0 Å². The summed E-state index contributed by atoms with van der Waals surface area (Å²) in [4.78, 5) is 1.99. The number of aliphatic hydroxyl groups excluding tert-OH is 1. The third kappa shape index (κ3) is 3.40. The smallest absolute Gasteiger partial charge is 0.187 e. The molecule has 1 N–H and O–H groups in total. The van der Waals surface area contributed by atoms with Crippen LogP contribution in [0.4, 0.5) is 5.82 Å². The Bertz CT molecular complexity index is 269. The molecule has 1 rings (SSSR count). The van der Waals surface area contributed by atoms with Crippen LogP contribution < -0.4 is 4.90 Å². The third-order valence-electron chi connectivity index (χ3n) is 1.95. The molecule has 0 aliphatic heterocycles. The summed E-state index contributed by atoms with van der Waals surface area (Å²) in [5.74, 6) is 0.751. The molecule has 0 radical (unpaired) electrons. The third-order valence-corrected chi connectivity index (χ3v) is 2.82. The number of rotatable bonds is 6. The average molecular weight is 236 g/mol. The Balaban J connectivity index is 2.28. The molecule has 1 aromatic rings. The van der Waals surface area contributed by atoms with Gasteiger partial charge >= 0.3 is 0 Å². The van der Waals surface area contributed by atoms with Gasteiger partial charge in [-0.1, -0.05) is 11.6 Å². The van der Waals surface area contributed by atoms with Crippen LogP contribution in [0.5, 0.6) is 0 Å². The quantitative estimate of drug-likeness (QED) is 0.764. The lowest BCUT2D eigenvalue weighted by Gasteiger charge is -2.15. The summed E-state index contributed by atoms with van der Waals surface area (Å²) >= 11 is 6.95. The first-order valence-electron chi connectivity index (χ1n) is 4.55. The number of anilines is 1. The molecule has 0 aliphatic rings. The van der Waals surface area contributed by atoms with Crippen LogP contribution in [0, 0.1) is 0 Å². The van der Waals surface area contributed by atoms with Crippen LogP contribution in [-0.4, -0.2) is 34.1 Å². The molecule has 6 heteroatoms. The maximum atomic E-state index is 8.60. The number of aliphatic hydroxyl groups is 1. The molecule has 0 saturated heterocycles. The Morgan fingerprint density at radius 2 is 2.14 bits per heavy atom. The van der Waals surface area contributed by atoms with Crippen LogP contribution in [0.2, 0.25) is 5.15 Å². The van der Waals surface area contributed by atoms with E-state index >= 15 is 0 Å². The molecule has 14 heavy (non-hydrogen) atoms. The Labute approximate surface area is 92.8 Å². The van der Waals surface area contributed by atoms with Crippen molar-refractivity contribution in [2.24, 2.45) is 0 Å². The lowest BCUT2D eigenvalue weighted by molar-refractivity contribution is 0.283. The van der Waals surface area contributed by atoms with Gasteiger partial charge in [-0.3, -0.25) is 0 Å². The highest BCUT2D eigenvalue weighted by Crippen LogP contribution is 2.21. The first-order chi connectivity index (χ1) is 6.75. The van der Waals surface area contributed by atoms with E-state index in [4.69, 9.17) is 16.7 Å². The first kappa shape index (κ1) is 11.7. The van der Waals surface area contributed by atoms with Crippen molar-refractivity contribution < 1.29 is 5.11 Å². The van der Waals surface area contributed by atoms with E-state index in [-0.39, 0.29) is 6.61 Å². The van der Waals surface area contributed by atoms with Gasteiger partial charge in [-0.05, 0) is 19.3 Å². The van der Waals surface area contributed by atoms with E-state index in [9.17, 15) is 0 Å². The Hall–Kier alpha value is -0.390. The van der Waals surface area contributed by atoms with Crippen LogP contribution >= 0.6 is 23.3 Å². The maximum absolute atomic E-state index is 8.60. The zero-order chi connectivity index (χ0) is 10.4. The molecule has 0 bridgehead atoms. The molecule has 1 heterocycles. The minimum atomic E-state index is 0.267. The molecule has 4 nitrogen and oxygen atoms in total. The zero-order valence-electron chi connectivity index (χ0n) is 8.11. The van der Waals surface area contributed by atoms with Gasteiger partial charge in [0.25, 0.3) is 0 Å². The van der Waals surface area contributed by atoms with Crippen molar-refractivity contribution in [3.63, 3.8) is 0 Å². The summed E-state index contributed by atoms with van der Waals surface area (Å²) in [5.41, 5.74) is 0. The maximum Gasteiger partial charge on any atom is 0.187 e. The second kappa shape index (κ2) is 6.16. The Kier molecular flexibility index (Phi) is 5.14. The Morgan fingerprint density at radius 1 is 1.36 bits per heavy atom. The number of hydrogen-bond acceptors (Lipinski definition) is 5. The highest BCUT2D eigenvalue weighted by molar-refractivity contribution is 6.99. The van der Waals surface area contributed by atoms with Crippen molar-refractivity contribution in [3.05, 3.63) is 5.15 Å². The van der Waals surface area contributed by atoms with Gasteiger partial charge in [0.05, 0.1) is 11.7 Å². The van der Waals surface area contributed by atoms with Crippen LogP contribution in [0.3, 0.4) is 0 Å². The van der Waals surface area contributed by atoms with Gasteiger partial charge in [0.1, 0.15) is 0 Å². The van der Waals surface area contributed by atoms with Gasteiger partial charge < -0.3 is 10.0 Å². The molecule has 0 atom stereocenters. The van der Waals surface area contributed by atoms with E-state index in [0.717, 1.165) is 43.4 Å². The highest BCUT2D eigenvalue weighted by atomic mass is 35.5. The Morgan fingerprint density at radius 3 is 2.71 bits per heavy atom. The molecule has 0 amide bonds. The summed E-state index contributed by atoms with van der Waals surface area (Å²) in [6.07, 6.45) is 2.91. The number of halogens is 1. The van der Waals surface area contributed by atoms with Gasteiger partial charge in [0.15, 0.2) is 11.0 Å². The molecule has 0 spiro atoms.